The first-order chi connectivity index (χ1) is 6.09. The summed E-state index contributed by atoms with van der Waals surface area (Å²) in [4.78, 5) is 11.2. The molecule has 0 amide bonds. The number of ether oxygens (including phenoxy) is 2. The Hall–Kier alpha value is -0.830. The van der Waals surface area contributed by atoms with Crippen LogP contribution in [0, 0.1) is 0 Å². The van der Waals surface area contributed by atoms with Crippen LogP contribution in [0.25, 0.3) is 0 Å². The molecule has 2 atom stereocenters. The molecule has 1 aliphatic heterocycles. The van der Waals surface area contributed by atoms with Crippen molar-refractivity contribution in [1.29, 1.82) is 0 Å². The zero-order chi connectivity index (χ0) is 9.84. The van der Waals surface area contributed by atoms with Gasteiger partial charge < -0.3 is 9.47 Å². The lowest BCUT2D eigenvalue weighted by molar-refractivity contribution is -0.145. The smallest absolute Gasteiger partial charge is 0.331 e. The molecule has 0 aromatic heterocycles. The van der Waals surface area contributed by atoms with E-state index in [2.05, 4.69) is 0 Å². The molecule has 0 aromatic rings. The number of esters is 1. The van der Waals surface area contributed by atoms with Crippen LogP contribution < -0.4 is 0 Å². The Morgan fingerprint density at radius 1 is 1.54 bits per heavy atom. The lowest BCUT2D eigenvalue weighted by Crippen LogP contribution is -2.23. The molecule has 1 heterocycles. The standard InChI is InChI=1S/C10H16O3/c1-7(2)6-10(11)13-9-4-5-12-8(9)3/h6,8-9H,4-5H2,1-3H3. The summed E-state index contributed by atoms with van der Waals surface area (Å²) < 4.78 is 10.5. The maximum Gasteiger partial charge on any atom is 0.331 e. The molecule has 1 fully saturated rings. The predicted molar refractivity (Wildman–Crippen MR) is 49.3 cm³/mol. The normalized spacial score (nSPS) is 27.0. The van der Waals surface area contributed by atoms with Crippen molar-refractivity contribution in [2.45, 2.75) is 39.4 Å². The van der Waals surface area contributed by atoms with Gasteiger partial charge in [0.15, 0.2) is 0 Å². The quantitative estimate of drug-likeness (QED) is 0.483. The number of rotatable bonds is 2. The van der Waals surface area contributed by atoms with Crippen LogP contribution >= 0.6 is 0 Å². The molecule has 1 rings (SSSR count). The zero-order valence-electron chi connectivity index (χ0n) is 8.37. The number of allylic oxidation sites excluding steroid dienone is 1. The van der Waals surface area contributed by atoms with Crippen molar-refractivity contribution >= 4 is 5.97 Å². The fraction of sp³-hybridized carbons (Fsp3) is 0.700. The number of hydrogen-bond acceptors (Lipinski definition) is 3. The van der Waals surface area contributed by atoms with Crippen LogP contribution in [0.1, 0.15) is 27.2 Å². The molecule has 1 aliphatic rings. The maximum absolute atomic E-state index is 11.2. The van der Waals surface area contributed by atoms with Crippen LogP contribution in [0.4, 0.5) is 0 Å². The van der Waals surface area contributed by atoms with Gasteiger partial charge in [-0.1, -0.05) is 5.57 Å². The second kappa shape index (κ2) is 4.42. The minimum absolute atomic E-state index is 0.0366. The molecule has 0 radical (unpaired) electrons. The monoisotopic (exact) mass is 184 g/mol. The highest BCUT2D eigenvalue weighted by Gasteiger charge is 2.26. The zero-order valence-corrected chi connectivity index (χ0v) is 8.37. The van der Waals surface area contributed by atoms with Crippen LogP contribution in [0.15, 0.2) is 11.6 Å². The Balaban J connectivity index is 2.40. The molecular weight excluding hydrogens is 168 g/mol. The summed E-state index contributed by atoms with van der Waals surface area (Å²) in [6.45, 7) is 6.35. The van der Waals surface area contributed by atoms with E-state index in [0.29, 0.717) is 6.61 Å². The van der Waals surface area contributed by atoms with Crippen molar-refractivity contribution in [3.05, 3.63) is 11.6 Å². The Morgan fingerprint density at radius 3 is 2.69 bits per heavy atom. The summed E-state index contributed by atoms with van der Waals surface area (Å²) in [6, 6.07) is 0. The first-order valence-electron chi connectivity index (χ1n) is 4.56. The first kappa shape index (κ1) is 10.3. The molecular formula is C10H16O3. The lowest BCUT2D eigenvalue weighted by atomic mass is 10.2. The van der Waals surface area contributed by atoms with Crippen molar-refractivity contribution in [3.63, 3.8) is 0 Å². The topological polar surface area (TPSA) is 35.5 Å². The number of carbonyl (C=O) groups excluding carboxylic acids is 1. The van der Waals surface area contributed by atoms with Gasteiger partial charge in [0.2, 0.25) is 0 Å². The molecule has 0 bridgehead atoms. The number of carbonyl (C=O) groups is 1. The second-order valence-corrected chi connectivity index (χ2v) is 3.56. The van der Waals surface area contributed by atoms with Gasteiger partial charge in [-0.3, -0.25) is 0 Å². The maximum atomic E-state index is 11.2. The van der Waals surface area contributed by atoms with Crippen LogP contribution in [-0.2, 0) is 14.3 Å². The van der Waals surface area contributed by atoms with E-state index in [1.54, 1.807) is 0 Å². The molecule has 0 aromatic carbocycles. The largest absolute Gasteiger partial charge is 0.456 e. The van der Waals surface area contributed by atoms with E-state index >= 15 is 0 Å². The van der Waals surface area contributed by atoms with Gasteiger partial charge in [-0.15, -0.1) is 0 Å². The predicted octanol–water partition coefficient (Wildman–Crippen LogP) is 1.67. The van der Waals surface area contributed by atoms with Crippen molar-refractivity contribution in [2.75, 3.05) is 6.61 Å². The average Bonchev–Trinajstić information content (AvgIpc) is 2.34. The molecule has 3 heteroatoms. The molecule has 74 valence electrons. The summed E-state index contributed by atoms with van der Waals surface area (Å²) in [5.74, 6) is -0.262. The van der Waals surface area contributed by atoms with Gasteiger partial charge in [-0.05, 0) is 20.8 Å². The lowest BCUT2D eigenvalue weighted by Gasteiger charge is -2.13. The molecule has 0 spiro atoms. The Kier molecular flexibility index (Phi) is 3.48. The SMILES string of the molecule is CC(C)=CC(=O)OC1CCOC1C. The van der Waals surface area contributed by atoms with E-state index in [1.165, 1.54) is 6.08 Å². The van der Waals surface area contributed by atoms with Crippen LogP contribution in [-0.4, -0.2) is 24.8 Å². The fourth-order valence-corrected chi connectivity index (χ4v) is 1.29. The fourth-order valence-electron chi connectivity index (χ4n) is 1.29. The van der Waals surface area contributed by atoms with Crippen LogP contribution in [0.5, 0.6) is 0 Å². The summed E-state index contributed by atoms with van der Waals surface area (Å²) in [5, 5.41) is 0. The Bertz CT molecular complexity index is 216. The van der Waals surface area contributed by atoms with E-state index in [1.807, 2.05) is 20.8 Å². The van der Waals surface area contributed by atoms with Gasteiger partial charge in [0.1, 0.15) is 6.10 Å². The van der Waals surface area contributed by atoms with E-state index in [9.17, 15) is 4.79 Å². The molecule has 3 nitrogen and oxygen atoms in total. The van der Waals surface area contributed by atoms with Crippen molar-refractivity contribution in [2.24, 2.45) is 0 Å². The molecule has 1 saturated heterocycles. The molecule has 13 heavy (non-hydrogen) atoms. The van der Waals surface area contributed by atoms with Gasteiger partial charge in [0.05, 0.1) is 12.7 Å². The van der Waals surface area contributed by atoms with Gasteiger partial charge in [-0.2, -0.15) is 0 Å². The van der Waals surface area contributed by atoms with Gasteiger partial charge in [-0.25, -0.2) is 4.79 Å². The molecule has 0 aliphatic carbocycles. The molecule has 2 unspecified atom stereocenters. The first-order valence-corrected chi connectivity index (χ1v) is 4.56. The van der Waals surface area contributed by atoms with E-state index in [-0.39, 0.29) is 18.2 Å². The van der Waals surface area contributed by atoms with E-state index < -0.39 is 0 Å². The average molecular weight is 184 g/mol. The minimum atomic E-state index is -0.262. The third-order valence-corrected chi connectivity index (χ3v) is 1.98. The summed E-state index contributed by atoms with van der Waals surface area (Å²) in [7, 11) is 0. The third-order valence-electron chi connectivity index (χ3n) is 1.98. The van der Waals surface area contributed by atoms with Crippen molar-refractivity contribution in [1.82, 2.24) is 0 Å². The minimum Gasteiger partial charge on any atom is -0.456 e. The highest BCUT2D eigenvalue weighted by atomic mass is 16.6. The Morgan fingerprint density at radius 2 is 2.23 bits per heavy atom. The van der Waals surface area contributed by atoms with Gasteiger partial charge in [0.25, 0.3) is 0 Å². The van der Waals surface area contributed by atoms with E-state index in [0.717, 1.165) is 12.0 Å². The summed E-state index contributed by atoms with van der Waals surface area (Å²) >= 11 is 0. The van der Waals surface area contributed by atoms with Crippen molar-refractivity contribution in [3.8, 4) is 0 Å². The highest BCUT2D eigenvalue weighted by Crippen LogP contribution is 2.16. The summed E-state index contributed by atoms with van der Waals surface area (Å²) in [6.07, 6.45) is 2.28. The third kappa shape index (κ3) is 3.19. The van der Waals surface area contributed by atoms with Gasteiger partial charge >= 0.3 is 5.97 Å². The van der Waals surface area contributed by atoms with Crippen LogP contribution in [0.2, 0.25) is 0 Å². The van der Waals surface area contributed by atoms with Gasteiger partial charge in [0, 0.05) is 12.5 Å². The van der Waals surface area contributed by atoms with Crippen molar-refractivity contribution < 1.29 is 14.3 Å². The second-order valence-electron chi connectivity index (χ2n) is 3.56. The number of hydrogen-bond donors (Lipinski definition) is 0. The summed E-state index contributed by atoms with van der Waals surface area (Å²) in [5.41, 5.74) is 0.955. The molecule has 0 N–H and O–H groups in total. The van der Waals surface area contributed by atoms with E-state index in [4.69, 9.17) is 9.47 Å². The molecule has 0 saturated carbocycles. The van der Waals surface area contributed by atoms with Crippen LogP contribution in [0.3, 0.4) is 0 Å². The highest BCUT2D eigenvalue weighted by molar-refractivity contribution is 5.82. The Labute approximate surface area is 78.7 Å².